The van der Waals surface area contributed by atoms with Crippen molar-refractivity contribution in [1.82, 2.24) is 30.0 Å². The van der Waals surface area contributed by atoms with Crippen molar-refractivity contribution in [1.29, 1.82) is 0 Å². The number of rotatable bonds is 6. The van der Waals surface area contributed by atoms with Crippen LogP contribution in [0, 0.1) is 0 Å². The van der Waals surface area contributed by atoms with Crippen LogP contribution in [0.3, 0.4) is 0 Å². The summed E-state index contributed by atoms with van der Waals surface area (Å²) in [6.07, 6.45) is 6.92. The van der Waals surface area contributed by atoms with Gasteiger partial charge in [-0.15, -0.1) is 11.7 Å². The Morgan fingerprint density at radius 3 is 2.50 bits per heavy atom. The number of aromatic nitrogens is 4. The molecule has 0 bridgehead atoms. The molecule has 2 aliphatic rings. The third-order valence-corrected chi connectivity index (χ3v) is 5.71. The largest absolute Gasteiger partial charge is 0.297 e. The molecular formula is C20H28N6. The summed E-state index contributed by atoms with van der Waals surface area (Å²) < 4.78 is 2.11. The normalized spacial score (nSPS) is 21.1. The molecule has 1 aromatic carbocycles. The molecular weight excluding hydrogens is 324 g/mol. The first-order valence-electron chi connectivity index (χ1n) is 9.77. The molecule has 26 heavy (non-hydrogen) atoms. The quantitative estimate of drug-likeness (QED) is 0.748. The van der Waals surface area contributed by atoms with Crippen LogP contribution in [0.2, 0.25) is 0 Å². The Bertz CT molecular complexity index is 698. The maximum Gasteiger partial charge on any atom is 0.173 e. The second-order valence-electron chi connectivity index (χ2n) is 7.36. The molecule has 6 nitrogen and oxygen atoms in total. The molecule has 138 valence electrons. The highest BCUT2D eigenvalue weighted by Crippen LogP contribution is 2.34. The van der Waals surface area contributed by atoms with Crippen LogP contribution >= 0.6 is 0 Å². The number of hydrogen-bond donors (Lipinski definition) is 0. The highest BCUT2D eigenvalue weighted by molar-refractivity contribution is 5.25. The van der Waals surface area contributed by atoms with Crippen LogP contribution in [0.5, 0.6) is 0 Å². The SMILES string of the molecule is C=CCN1CCN(C(c2ccccc2)c2nnnn2C2CCCC2)CC1. The van der Waals surface area contributed by atoms with Gasteiger partial charge < -0.3 is 0 Å². The van der Waals surface area contributed by atoms with Crippen LogP contribution in [-0.4, -0.2) is 62.7 Å². The van der Waals surface area contributed by atoms with Gasteiger partial charge in [0.1, 0.15) is 0 Å². The van der Waals surface area contributed by atoms with Crippen LogP contribution in [-0.2, 0) is 0 Å². The molecule has 1 aliphatic carbocycles. The lowest BCUT2D eigenvalue weighted by atomic mass is 10.0. The zero-order chi connectivity index (χ0) is 17.8. The fraction of sp³-hybridized carbons (Fsp3) is 0.550. The third kappa shape index (κ3) is 3.57. The van der Waals surface area contributed by atoms with Crippen molar-refractivity contribution in [3.63, 3.8) is 0 Å². The summed E-state index contributed by atoms with van der Waals surface area (Å²) in [6.45, 7) is 8.98. The van der Waals surface area contributed by atoms with Crippen molar-refractivity contribution in [2.24, 2.45) is 0 Å². The van der Waals surface area contributed by atoms with Gasteiger partial charge in [0.05, 0.1) is 12.1 Å². The van der Waals surface area contributed by atoms with E-state index in [2.05, 4.69) is 66.9 Å². The maximum absolute atomic E-state index is 4.50. The molecule has 2 heterocycles. The van der Waals surface area contributed by atoms with Gasteiger partial charge in [-0.3, -0.25) is 9.80 Å². The Balaban J connectivity index is 1.63. The molecule has 4 rings (SSSR count). The van der Waals surface area contributed by atoms with Crippen LogP contribution in [0.15, 0.2) is 43.0 Å². The van der Waals surface area contributed by atoms with Gasteiger partial charge >= 0.3 is 0 Å². The average Bonchev–Trinajstić information content (AvgIpc) is 3.36. The number of tetrazole rings is 1. The van der Waals surface area contributed by atoms with Gasteiger partial charge in [0, 0.05) is 32.7 Å². The van der Waals surface area contributed by atoms with E-state index in [0.29, 0.717) is 6.04 Å². The summed E-state index contributed by atoms with van der Waals surface area (Å²) in [4.78, 5) is 4.98. The molecule has 2 aromatic rings. The minimum atomic E-state index is 0.123. The van der Waals surface area contributed by atoms with Crippen LogP contribution in [0.25, 0.3) is 0 Å². The summed E-state index contributed by atoms with van der Waals surface area (Å²) in [5.74, 6) is 1.00. The van der Waals surface area contributed by atoms with Gasteiger partial charge in [-0.2, -0.15) is 0 Å². The Hall–Kier alpha value is -2.05. The second kappa shape index (κ2) is 8.10. The Morgan fingerprint density at radius 2 is 1.81 bits per heavy atom. The maximum atomic E-state index is 4.50. The molecule has 1 atom stereocenters. The molecule has 6 heteroatoms. The van der Waals surface area contributed by atoms with E-state index >= 15 is 0 Å². The van der Waals surface area contributed by atoms with Crippen LogP contribution in [0.1, 0.15) is 49.2 Å². The standard InChI is InChI=1S/C20H28N6/c1-2-12-24-13-15-25(16-14-24)19(17-8-4-3-5-9-17)20-21-22-23-26(20)18-10-6-7-11-18/h2-5,8-9,18-19H,1,6-7,10-16H2. The lowest BCUT2D eigenvalue weighted by Gasteiger charge is -2.38. The van der Waals surface area contributed by atoms with Crippen molar-refractivity contribution >= 4 is 0 Å². The van der Waals surface area contributed by atoms with Gasteiger partial charge in [-0.1, -0.05) is 49.2 Å². The molecule has 0 amide bonds. The summed E-state index contributed by atoms with van der Waals surface area (Å²) in [6, 6.07) is 11.3. The van der Waals surface area contributed by atoms with Crippen molar-refractivity contribution in [2.45, 2.75) is 37.8 Å². The molecule has 0 N–H and O–H groups in total. The number of benzene rings is 1. The van der Waals surface area contributed by atoms with E-state index in [1.54, 1.807) is 0 Å². The lowest BCUT2D eigenvalue weighted by Crippen LogP contribution is -2.48. The van der Waals surface area contributed by atoms with E-state index < -0.39 is 0 Å². The van der Waals surface area contributed by atoms with Gasteiger partial charge in [0.15, 0.2) is 5.82 Å². The van der Waals surface area contributed by atoms with E-state index in [1.165, 1.54) is 31.2 Å². The minimum Gasteiger partial charge on any atom is -0.297 e. The molecule has 1 aliphatic heterocycles. The Kier molecular flexibility index (Phi) is 5.41. The van der Waals surface area contributed by atoms with Gasteiger partial charge in [-0.25, -0.2) is 4.68 Å². The number of piperazine rings is 1. The predicted molar refractivity (Wildman–Crippen MR) is 102 cm³/mol. The highest BCUT2D eigenvalue weighted by Gasteiger charge is 2.32. The molecule has 1 saturated carbocycles. The first kappa shape index (κ1) is 17.4. The van der Waals surface area contributed by atoms with E-state index in [1.807, 2.05) is 6.08 Å². The van der Waals surface area contributed by atoms with Crippen LogP contribution < -0.4 is 0 Å². The molecule has 1 unspecified atom stereocenters. The first-order valence-corrected chi connectivity index (χ1v) is 9.77. The fourth-order valence-corrected chi connectivity index (χ4v) is 4.33. The monoisotopic (exact) mass is 352 g/mol. The van der Waals surface area contributed by atoms with E-state index in [9.17, 15) is 0 Å². The number of hydrogen-bond acceptors (Lipinski definition) is 5. The van der Waals surface area contributed by atoms with Crippen molar-refractivity contribution < 1.29 is 0 Å². The van der Waals surface area contributed by atoms with Gasteiger partial charge in [0.2, 0.25) is 0 Å². The minimum absolute atomic E-state index is 0.123. The molecule has 2 fully saturated rings. The zero-order valence-electron chi connectivity index (χ0n) is 15.4. The lowest BCUT2D eigenvalue weighted by molar-refractivity contribution is 0.111. The van der Waals surface area contributed by atoms with E-state index in [0.717, 1.165) is 38.5 Å². The van der Waals surface area contributed by atoms with Crippen molar-refractivity contribution in [3.05, 3.63) is 54.4 Å². The third-order valence-electron chi connectivity index (χ3n) is 5.71. The zero-order valence-corrected chi connectivity index (χ0v) is 15.4. The number of nitrogens with zero attached hydrogens (tertiary/aromatic N) is 6. The first-order chi connectivity index (χ1) is 12.9. The van der Waals surface area contributed by atoms with Gasteiger partial charge in [-0.05, 0) is 28.8 Å². The second-order valence-corrected chi connectivity index (χ2v) is 7.36. The summed E-state index contributed by atoms with van der Waals surface area (Å²) in [7, 11) is 0. The molecule has 1 saturated heterocycles. The predicted octanol–water partition coefficient (Wildman–Crippen LogP) is 2.68. The smallest absolute Gasteiger partial charge is 0.173 e. The molecule has 0 radical (unpaired) electrons. The topological polar surface area (TPSA) is 50.1 Å². The summed E-state index contributed by atoms with van der Waals surface area (Å²) in [5, 5.41) is 13.0. The highest BCUT2D eigenvalue weighted by atomic mass is 15.6. The summed E-state index contributed by atoms with van der Waals surface area (Å²) in [5.41, 5.74) is 1.28. The fourth-order valence-electron chi connectivity index (χ4n) is 4.33. The van der Waals surface area contributed by atoms with E-state index in [4.69, 9.17) is 0 Å². The molecule has 1 aromatic heterocycles. The van der Waals surface area contributed by atoms with Crippen LogP contribution in [0.4, 0.5) is 0 Å². The molecule has 0 spiro atoms. The van der Waals surface area contributed by atoms with Crippen molar-refractivity contribution in [3.8, 4) is 0 Å². The Morgan fingerprint density at radius 1 is 1.08 bits per heavy atom. The average molecular weight is 352 g/mol. The van der Waals surface area contributed by atoms with Gasteiger partial charge in [0.25, 0.3) is 0 Å². The van der Waals surface area contributed by atoms with Crippen molar-refractivity contribution in [2.75, 3.05) is 32.7 Å². The van der Waals surface area contributed by atoms with E-state index in [-0.39, 0.29) is 6.04 Å². The Labute approximate surface area is 155 Å². The summed E-state index contributed by atoms with van der Waals surface area (Å²) >= 11 is 0.